The summed E-state index contributed by atoms with van der Waals surface area (Å²) in [4.78, 5) is 11.8. The monoisotopic (exact) mass is 411 g/mol. The van der Waals surface area contributed by atoms with Gasteiger partial charge in [-0.1, -0.05) is 44.9 Å². The molecule has 0 saturated carbocycles. The Morgan fingerprint density at radius 3 is 2.82 bits per heavy atom. The molecule has 1 aromatic rings. The number of carbonyl (C=O) groups excluding carboxylic acids is 1. The quantitative estimate of drug-likeness (QED) is 0.427. The van der Waals surface area contributed by atoms with Gasteiger partial charge in [0.05, 0.1) is 5.56 Å². The number of halogens is 2. The Morgan fingerprint density at radius 2 is 2.12 bits per heavy atom. The molecule has 0 heterocycles. The fraction of sp³-hybridized carbons (Fsp3) is 0.417. The van der Waals surface area contributed by atoms with Gasteiger partial charge in [0.15, 0.2) is 0 Å². The Balaban J connectivity index is 2.44. The van der Waals surface area contributed by atoms with Crippen molar-refractivity contribution in [1.82, 2.24) is 5.32 Å². The molecule has 0 fully saturated rings. The minimum Gasteiger partial charge on any atom is -0.507 e. The maximum atomic E-state index is 11.8. The Labute approximate surface area is 123 Å². The van der Waals surface area contributed by atoms with Crippen LogP contribution in [0.5, 0.6) is 5.75 Å². The highest BCUT2D eigenvalue weighted by Gasteiger charge is 2.10. The van der Waals surface area contributed by atoms with E-state index in [0.717, 1.165) is 21.7 Å². The van der Waals surface area contributed by atoms with Gasteiger partial charge in [-0.3, -0.25) is 4.79 Å². The average molecular weight is 412 g/mol. The lowest BCUT2D eigenvalue weighted by Gasteiger charge is -2.07. The van der Waals surface area contributed by atoms with Crippen LogP contribution in [0, 0.1) is 0 Å². The largest absolute Gasteiger partial charge is 0.507 e. The number of benzene rings is 1. The normalized spacial score (nSPS) is 10.2. The molecule has 0 spiro atoms. The van der Waals surface area contributed by atoms with Crippen LogP contribution in [-0.2, 0) is 0 Å². The molecule has 0 aliphatic carbocycles. The van der Waals surface area contributed by atoms with E-state index in [1.54, 1.807) is 12.1 Å². The van der Waals surface area contributed by atoms with Crippen molar-refractivity contribution >= 4 is 44.4 Å². The zero-order valence-electron chi connectivity index (χ0n) is 9.38. The van der Waals surface area contributed by atoms with Crippen LogP contribution >= 0.6 is 38.5 Å². The fourth-order valence-corrected chi connectivity index (χ4v) is 2.28. The number of phenols is 1. The number of unbranched alkanes of at least 4 members (excludes halogenated alkanes) is 2. The maximum Gasteiger partial charge on any atom is 0.255 e. The summed E-state index contributed by atoms with van der Waals surface area (Å²) in [5, 5.41) is 12.4. The van der Waals surface area contributed by atoms with Gasteiger partial charge in [0.1, 0.15) is 5.75 Å². The molecule has 0 aromatic heterocycles. The van der Waals surface area contributed by atoms with Crippen LogP contribution in [0.15, 0.2) is 22.7 Å². The molecule has 17 heavy (non-hydrogen) atoms. The first-order valence-electron chi connectivity index (χ1n) is 5.48. The first-order valence-corrected chi connectivity index (χ1v) is 7.79. The number of hydrogen-bond acceptors (Lipinski definition) is 2. The summed E-state index contributed by atoms with van der Waals surface area (Å²) in [5.41, 5.74) is 0.313. The fourth-order valence-electron chi connectivity index (χ4n) is 1.38. The summed E-state index contributed by atoms with van der Waals surface area (Å²) in [7, 11) is 0. The SMILES string of the molecule is O=C(NCCCCCI)c1cc(Br)ccc1O. The second kappa shape index (κ2) is 7.92. The van der Waals surface area contributed by atoms with Crippen molar-refractivity contribution in [2.24, 2.45) is 0 Å². The Kier molecular flexibility index (Phi) is 6.87. The summed E-state index contributed by atoms with van der Waals surface area (Å²) >= 11 is 5.62. The van der Waals surface area contributed by atoms with Crippen molar-refractivity contribution < 1.29 is 9.90 Å². The van der Waals surface area contributed by atoms with E-state index in [0.29, 0.717) is 12.1 Å². The van der Waals surface area contributed by atoms with Crippen molar-refractivity contribution in [3.63, 3.8) is 0 Å². The van der Waals surface area contributed by atoms with E-state index >= 15 is 0 Å². The molecule has 0 saturated heterocycles. The van der Waals surface area contributed by atoms with Crippen molar-refractivity contribution in [2.45, 2.75) is 19.3 Å². The summed E-state index contributed by atoms with van der Waals surface area (Å²) in [6, 6.07) is 4.83. The highest BCUT2D eigenvalue weighted by atomic mass is 127. The first-order chi connectivity index (χ1) is 8.15. The summed E-state index contributed by atoms with van der Waals surface area (Å²) in [6.45, 7) is 0.654. The van der Waals surface area contributed by atoms with Gasteiger partial charge in [0, 0.05) is 11.0 Å². The van der Waals surface area contributed by atoms with E-state index in [1.807, 2.05) is 0 Å². The molecule has 94 valence electrons. The van der Waals surface area contributed by atoms with Crippen LogP contribution < -0.4 is 5.32 Å². The predicted octanol–water partition coefficient (Wildman–Crippen LogP) is 3.49. The first kappa shape index (κ1) is 14.8. The number of carbonyl (C=O) groups is 1. The van der Waals surface area contributed by atoms with Gasteiger partial charge in [0.25, 0.3) is 5.91 Å². The third-order valence-corrected chi connectivity index (χ3v) is 3.56. The number of alkyl halides is 1. The number of nitrogens with one attached hydrogen (secondary N) is 1. The van der Waals surface area contributed by atoms with Crippen molar-refractivity contribution in [1.29, 1.82) is 0 Å². The molecule has 0 unspecified atom stereocenters. The molecule has 0 aliphatic rings. The van der Waals surface area contributed by atoms with E-state index in [9.17, 15) is 9.90 Å². The van der Waals surface area contributed by atoms with Gasteiger partial charge in [-0.2, -0.15) is 0 Å². The molecule has 1 aromatic carbocycles. The lowest BCUT2D eigenvalue weighted by atomic mass is 10.2. The second-order valence-electron chi connectivity index (χ2n) is 3.67. The van der Waals surface area contributed by atoms with Gasteiger partial charge >= 0.3 is 0 Å². The molecule has 1 amide bonds. The van der Waals surface area contributed by atoms with E-state index in [4.69, 9.17) is 0 Å². The van der Waals surface area contributed by atoms with Gasteiger partial charge < -0.3 is 10.4 Å². The van der Waals surface area contributed by atoms with E-state index in [1.165, 1.54) is 12.5 Å². The van der Waals surface area contributed by atoms with Crippen LogP contribution in [0.2, 0.25) is 0 Å². The molecule has 1 rings (SSSR count). The van der Waals surface area contributed by atoms with Gasteiger partial charge in [-0.15, -0.1) is 0 Å². The van der Waals surface area contributed by atoms with Crippen molar-refractivity contribution in [3.8, 4) is 5.75 Å². The van der Waals surface area contributed by atoms with Crippen LogP contribution in [0.25, 0.3) is 0 Å². The van der Waals surface area contributed by atoms with Crippen LogP contribution in [0.1, 0.15) is 29.6 Å². The van der Waals surface area contributed by atoms with Gasteiger partial charge in [-0.05, 0) is 35.5 Å². The van der Waals surface area contributed by atoms with Crippen molar-refractivity contribution in [2.75, 3.05) is 11.0 Å². The topological polar surface area (TPSA) is 49.3 Å². The van der Waals surface area contributed by atoms with Gasteiger partial charge in [-0.25, -0.2) is 0 Å². The molecule has 2 N–H and O–H groups in total. The highest BCUT2D eigenvalue weighted by Crippen LogP contribution is 2.21. The van der Waals surface area contributed by atoms with Crippen LogP contribution in [0.4, 0.5) is 0 Å². The van der Waals surface area contributed by atoms with E-state index < -0.39 is 0 Å². The molecular weight excluding hydrogens is 397 g/mol. The molecule has 0 radical (unpaired) electrons. The van der Waals surface area contributed by atoms with Crippen LogP contribution in [0.3, 0.4) is 0 Å². The minimum absolute atomic E-state index is 0.0120. The average Bonchev–Trinajstić information content (AvgIpc) is 2.32. The predicted molar refractivity (Wildman–Crippen MR) is 80.9 cm³/mol. The lowest BCUT2D eigenvalue weighted by Crippen LogP contribution is -2.24. The van der Waals surface area contributed by atoms with Crippen LogP contribution in [-0.4, -0.2) is 22.0 Å². The Bertz CT molecular complexity index is 385. The van der Waals surface area contributed by atoms with Crippen molar-refractivity contribution in [3.05, 3.63) is 28.2 Å². The smallest absolute Gasteiger partial charge is 0.255 e. The summed E-state index contributed by atoms with van der Waals surface area (Å²) in [6.07, 6.45) is 3.27. The standard InChI is InChI=1S/C12H15BrINO2/c13-9-4-5-11(16)10(8-9)12(17)15-7-3-1-2-6-14/h4-5,8,16H,1-3,6-7H2,(H,15,17). The Morgan fingerprint density at radius 1 is 1.35 bits per heavy atom. The lowest BCUT2D eigenvalue weighted by molar-refractivity contribution is 0.0950. The molecule has 0 bridgehead atoms. The van der Waals surface area contributed by atoms with E-state index in [2.05, 4.69) is 43.8 Å². The Hall–Kier alpha value is -0.300. The third kappa shape index (κ3) is 5.25. The second-order valence-corrected chi connectivity index (χ2v) is 5.66. The highest BCUT2D eigenvalue weighted by molar-refractivity contribution is 14.1. The number of hydrogen-bond donors (Lipinski definition) is 2. The number of rotatable bonds is 6. The zero-order chi connectivity index (χ0) is 12.7. The molecule has 3 nitrogen and oxygen atoms in total. The third-order valence-electron chi connectivity index (χ3n) is 2.30. The number of aromatic hydroxyl groups is 1. The molecule has 0 atom stereocenters. The molecular formula is C12H15BrINO2. The zero-order valence-corrected chi connectivity index (χ0v) is 13.1. The minimum atomic E-state index is -0.224. The number of phenolic OH excluding ortho intramolecular Hbond substituents is 1. The number of amides is 1. The van der Waals surface area contributed by atoms with E-state index in [-0.39, 0.29) is 11.7 Å². The van der Waals surface area contributed by atoms with Gasteiger partial charge in [0.2, 0.25) is 0 Å². The summed E-state index contributed by atoms with van der Waals surface area (Å²) < 4.78 is 1.93. The molecule has 0 aliphatic heterocycles. The summed E-state index contributed by atoms with van der Waals surface area (Å²) in [5.74, 6) is -0.212. The maximum absolute atomic E-state index is 11.8. The molecule has 5 heteroatoms.